The SMILES string of the molecule is Cc1cnc(C(C)Nc2ccc3cc(N)ccc3n2)o1. The summed E-state index contributed by atoms with van der Waals surface area (Å²) in [5.41, 5.74) is 7.40. The van der Waals surface area contributed by atoms with Gasteiger partial charge in [-0.1, -0.05) is 0 Å². The van der Waals surface area contributed by atoms with E-state index >= 15 is 0 Å². The Hall–Kier alpha value is -2.56. The highest BCUT2D eigenvalue weighted by Crippen LogP contribution is 2.21. The van der Waals surface area contributed by atoms with Crippen LogP contribution in [-0.4, -0.2) is 9.97 Å². The van der Waals surface area contributed by atoms with E-state index in [1.807, 2.05) is 44.2 Å². The number of nitrogens with one attached hydrogen (secondary N) is 1. The predicted octanol–water partition coefficient (Wildman–Crippen LogP) is 3.29. The van der Waals surface area contributed by atoms with Gasteiger partial charge in [-0.25, -0.2) is 9.97 Å². The number of hydrogen-bond acceptors (Lipinski definition) is 5. The summed E-state index contributed by atoms with van der Waals surface area (Å²) in [6.45, 7) is 3.86. The summed E-state index contributed by atoms with van der Waals surface area (Å²) in [6.07, 6.45) is 1.71. The van der Waals surface area contributed by atoms with Crippen molar-refractivity contribution in [2.45, 2.75) is 19.9 Å². The first-order valence-corrected chi connectivity index (χ1v) is 6.47. The van der Waals surface area contributed by atoms with Gasteiger partial charge in [0.2, 0.25) is 5.89 Å². The van der Waals surface area contributed by atoms with E-state index in [9.17, 15) is 0 Å². The van der Waals surface area contributed by atoms with Crippen molar-refractivity contribution in [1.29, 1.82) is 0 Å². The summed E-state index contributed by atoms with van der Waals surface area (Å²) < 4.78 is 5.50. The predicted molar refractivity (Wildman–Crippen MR) is 79.4 cm³/mol. The number of benzene rings is 1. The van der Waals surface area contributed by atoms with Gasteiger partial charge in [0, 0.05) is 11.1 Å². The number of nitrogens with zero attached hydrogens (tertiary/aromatic N) is 2. The van der Waals surface area contributed by atoms with Gasteiger partial charge in [-0.15, -0.1) is 0 Å². The van der Waals surface area contributed by atoms with Gasteiger partial charge in [0.15, 0.2) is 0 Å². The number of rotatable bonds is 3. The number of hydrogen-bond donors (Lipinski definition) is 2. The maximum Gasteiger partial charge on any atom is 0.216 e. The lowest BCUT2D eigenvalue weighted by molar-refractivity contribution is 0.453. The molecule has 1 unspecified atom stereocenters. The quantitative estimate of drug-likeness (QED) is 0.713. The Kier molecular flexibility index (Phi) is 3.02. The molecule has 0 aliphatic carbocycles. The minimum absolute atomic E-state index is 0.0394. The van der Waals surface area contributed by atoms with E-state index in [1.165, 1.54) is 0 Å². The fourth-order valence-electron chi connectivity index (χ4n) is 2.08. The fourth-order valence-corrected chi connectivity index (χ4v) is 2.08. The van der Waals surface area contributed by atoms with E-state index in [1.54, 1.807) is 6.20 Å². The summed E-state index contributed by atoms with van der Waals surface area (Å²) in [7, 11) is 0. The molecule has 5 nitrogen and oxygen atoms in total. The molecule has 0 saturated carbocycles. The van der Waals surface area contributed by atoms with E-state index in [4.69, 9.17) is 10.2 Å². The van der Waals surface area contributed by atoms with Gasteiger partial charge in [-0.2, -0.15) is 0 Å². The number of pyridine rings is 1. The molecule has 3 N–H and O–H groups in total. The van der Waals surface area contributed by atoms with Crippen LogP contribution in [0.3, 0.4) is 0 Å². The molecule has 5 heteroatoms. The number of nitrogens with two attached hydrogens (primary N) is 1. The molecule has 1 aromatic carbocycles. The fraction of sp³-hybridized carbons (Fsp3) is 0.200. The summed E-state index contributed by atoms with van der Waals surface area (Å²) in [5, 5.41) is 4.30. The molecular weight excluding hydrogens is 252 g/mol. The van der Waals surface area contributed by atoms with Crippen LogP contribution in [-0.2, 0) is 0 Å². The van der Waals surface area contributed by atoms with Crippen molar-refractivity contribution in [1.82, 2.24) is 9.97 Å². The van der Waals surface area contributed by atoms with Gasteiger partial charge in [-0.3, -0.25) is 0 Å². The van der Waals surface area contributed by atoms with E-state index in [0.717, 1.165) is 28.2 Å². The molecule has 3 aromatic rings. The topological polar surface area (TPSA) is 77.0 Å². The maximum absolute atomic E-state index is 5.76. The zero-order chi connectivity index (χ0) is 14.1. The Morgan fingerprint density at radius 2 is 2.10 bits per heavy atom. The van der Waals surface area contributed by atoms with E-state index < -0.39 is 0 Å². The van der Waals surface area contributed by atoms with Crippen LogP contribution < -0.4 is 11.1 Å². The zero-order valence-electron chi connectivity index (χ0n) is 11.4. The first-order chi connectivity index (χ1) is 9.61. The third-order valence-electron chi connectivity index (χ3n) is 3.09. The normalized spacial score (nSPS) is 12.5. The van der Waals surface area contributed by atoms with Crippen LogP contribution in [0.4, 0.5) is 11.5 Å². The number of fused-ring (bicyclic) bond motifs is 1. The van der Waals surface area contributed by atoms with Crippen LogP contribution in [0.5, 0.6) is 0 Å². The Morgan fingerprint density at radius 1 is 1.25 bits per heavy atom. The largest absolute Gasteiger partial charge is 0.444 e. The first kappa shape index (κ1) is 12.5. The van der Waals surface area contributed by atoms with Crippen molar-refractivity contribution in [3.05, 3.63) is 48.2 Å². The van der Waals surface area contributed by atoms with Crippen molar-refractivity contribution in [3.8, 4) is 0 Å². The molecule has 20 heavy (non-hydrogen) atoms. The van der Waals surface area contributed by atoms with Crippen molar-refractivity contribution in [3.63, 3.8) is 0 Å². The molecule has 0 aliphatic rings. The number of aryl methyl sites for hydroxylation is 1. The van der Waals surface area contributed by atoms with Crippen molar-refractivity contribution in [2.75, 3.05) is 11.1 Å². The highest BCUT2D eigenvalue weighted by atomic mass is 16.4. The minimum atomic E-state index is -0.0394. The molecule has 2 heterocycles. The highest BCUT2D eigenvalue weighted by molar-refractivity contribution is 5.83. The molecule has 0 fully saturated rings. The lowest BCUT2D eigenvalue weighted by Crippen LogP contribution is -2.08. The number of anilines is 2. The van der Waals surface area contributed by atoms with Crippen LogP contribution in [0.1, 0.15) is 24.6 Å². The molecule has 2 aromatic heterocycles. The average molecular weight is 268 g/mol. The van der Waals surface area contributed by atoms with E-state index in [2.05, 4.69) is 15.3 Å². The Bertz CT molecular complexity index is 750. The van der Waals surface area contributed by atoms with Crippen molar-refractivity contribution in [2.24, 2.45) is 0 Å². The van der Waals surface area contributed by atoms with Crippen molar-refractivity contribution < 1.29 is 4.42 Å². The molecule has 0 radical (unpaired) electrons. The summed E-state index contributed by atoms with van der Waals surface area (Å²) in [5.74, 6) is 2.24. The molecule has 102 valence electrons. The van der Waals surface area contributed by atoms with Crippen LogP contribution >= 0.6 is 0 Å². The number of oxazole rings is 1. The third kappa shape index (κ3) is 2.42. The second-order valence-electron chi connectivity index (χ2n) is 4.82. The Balaban J connectivity index is 1.85. The van der Waals surface area contributed by atoms with Gasteiger partial charge in [0.1, 0.15) is 17.6 Å². The summed E-state index contributed by atoms with van der Waals surface area (Å²) in [6, 6.07) is 9.55. The molecule has 1 atom stereocenters. The first-order valence-electron chi connectivity index (χ1n) is 6.47. The monoisotopic (exact) mass is 268 g/mol. The molecule has 0 aliphatic heterocycles. The standard InChI is InChI=1S/C15H16N4O/c1-9-8-17-15(20-9)10(2)18-14-6-3-11-7-12(16)4-5-13(11)19-14/h3-8,10H,16H2,1-2H3,(H,18,19). The Labute approximate surface area is 116 Å². The Morgan fingerprint density at radius 3 is 2.85 bits per heavy atom. The van der Waals surface area contributed by atoms with E-state index in [-0.39, 0.29) is 6.04 Å². The average Bonchev–Trinajstić information content (AvgIpc) is 2.86. The van der Waals surface area contributed by atoms with Gasteiger partial charge < -0.3 is 15.5 Å². The molecule has 0 bridgehead atoms. The second-order valence-corrected chi connectivity index (χ2v) is 4.82. The van der Waals surface area contributed by atoms with Gasteiger partial charge in [0.25, 0.3) is 0 Å². The molecule has 0 amide bonds. The van der Waals surface area contributed by atoms with Crippen molar-refractivity contribution >= 4 is 22.4 Å². The zero-order valence-corrected chi connectivity index (χ0v) is 11.4. The van der Waals surface area contributed by atoms with E-state index in [0.29, 0.717) is 5.89 Å². The smallest absolute Gasteiger partial charge is 0.216 e. The lowest BCUT2D eigenvalue weighted by atomic mass is 10.2. The number of nitrogen functional groups attached to an aromatic ring is 1. The van der Waals surface area contributed by atoms with Crippen LogP contribution in [0.2, 0.25) is 0 Å². The molecule has 3 rings (SSSR count). The van der Waals surface area contributed by atoms with Crippen LogP contribution in [0.25, 0.3) is 10.9 Å². The molecular formula is C15H16N4O. The lowest BCUT2D eigenvalue weighted by Gasteiger charge is -2.11. The minimum Gasteiger partial charge on any atom is -0.444 e. The summed E-state index contributed by atoms with van der Waals surface area (Å²) in [4.78, 5) is 8.76. The third-order valence-corrected chi connectivity index (χ3v) is 3.09. The molecule has 0 spiro atoms. The highest BCUT2D eigenvalue weighted by Gasteiger charge is 2.11. The number of aromatic nitrogens is 2. The van der Waals surface area contributed by atoms with Gasteiger partial charge in [-0.05, 0) is 44.2 Å². The second kappa shape index (κ2) is 4.85. The molecule has 0 saturated heterocycles. The van der Waals surface area contributed by atoms with Gasteiger partial charge >= 0.3 is 0 Å². The summed E-state index contributed by atoms with van der Waals surface area (Å²) >= 11 is 0. The van der Waals surface area contributed by atoms with Crippen LogP contribution in [0, 0.1) is 6.92 Å². The van der Waals surface area contributed by atoms with Gasteiger partial charge in [0.05, 0.1) is 11.7 Å². The van der Waals surface area contributed by atoms with Crippen LogP contribution in [0.15, 0.2) is 40.9 Å². The maximum atomic E-state index is 5.76.